The molecule has 2 aromatic rings. The van der Waals surface area contributed by atoms with E-state index < -0.39 is 0 Å². The van der Waals surface area contributed by atoms with E-state index in [2.05, 4.69) is 40.7 Å². The predicted octanol–water partition coefficient (Wildman–Crippen LogP) is 0.446. The zero-order chi connectivity index (χ0) is 18.7. The summed E-state index contributed by atoms with van der Waals surface area (Å²) >= 11 is 0. The first-order chi connectivity index (χ1) is 12.3. The topological polar surface area (TPSA) is 87.1 Å². The SMILES string of the molecule is CC(C)(C)c1ccc(=O)n(CCN2CCN(c3ncc[nH]c3=O)CC2)n1. The standard InChI is InChI=1S/C18H26N6O2/c1-18(2,3)14-4-5-15(25)24(21-14)13-10-22-8-11-23(12-9-22)16-17(26)20-7-6-19-16/h4-7H,8-13H2,1-3H3,(H,20,26). The summed E-state index contributed by atoms with van der Waals surface area (Å²) in [4.78, 5) is 35.0. The van der Waals surface area contributed by atoms with Crippen LogP contribution in [-0.2, 0) is 12.0 Å². The second-order valence-electron chi connectivity index (χ2n) is 7.60. The lowest BCUT2D eigenvalue weighted by Crippen LogP contribution is -2.49. The van der Waals surface area contributed by atoms with Crippen molar-refractivity contribution in [3.63, 3.8) is 0 Å². The third-order valence-electron chi connectivity index (χ3n) is 4.62. The largest absolute Gasteiger partial charge is 0.349 e. The van der Waals surface area contributed by atoms with Crippen LogP contribution in [0.2, 0.25) is 0 Å². The van der Waals surface area contributed by atoms with Crippen LogP contribution in [0.5, 0.6) is 0 Å². The summed E-state index contributed by atoms with van der Waals surface area (Å²) in [7, 11) is 0. The van der Waals surface area contributed by atoms with Gasteiger partial charge in [0.25, 0.3) is 11.1 Å². The fourth-order valence-corrected chi connectivity index (χ4v) is 3.00. The Bertz CT molecular complexity index is 859. The van der Waals surface area contributed by atoms with Crippen LogP contribution in [0.25, 0.3) is 0 Å². The van der Waals surface area contributed by atoms with E-state index in [1.807, 2.05) is 11.0 Å². The van der Waals surface area contributed by atoms with Gasteiger partial charge in [0, 0.05) is 56.6 Å². The van der Waals surface area contributed by atoms with Crippen LogP contribution in [0.4, 0.5) is 5.82 Å². The molecule has 0 aromatic carbocycles. The van der Waals surface area contributed by atoms with Crippen molar-refractivity contribution >= 4 is 5.82 Å². The maximum Gasteiger partial charge on any atom is 0.290 e. The number of piperazine rings is 1. The van der Waals surface area contributed by atoms with Crippen LogP contribution in [0, 0.1) is 0 Å². The van der Waals surface area contributed by atoms with Crippen LogP contribution in [0.15, 0.2) is 34.1 Å². The lowest BCUT2D eigenvalue weighted by atomic mass is 9.92. The Hall–Kier alpha value is -2.48. The number of aromatic nitrogens is 4. The summed E-state index contributed by atoms with van der Waals surface area (Å²) < 4.78 is 1.55. The lowest BCUT2D eigenvalue weighted by molar-refractivity contribution is 0.241. The fraction of sp³-hybridized carbons (Fsp3) is 0.556. The monoisotopic (exact) mass is 358 g/mol. The van der Waals surface area contributed by atoms with E-state index >= 15 is 0 Å². The Morgan fingerprint density at radius 1 is 1.08 bits per heavy atom. The number of nitrogens with one attached hydrogen (secondary N) is 1. The highest BCUT2D eigenvalue weighted by Crippen LogP contribution is 2.18. The van der Waals surface area contributed by atoms with E-state index in [1.54, 1.807) is 23.1 Å². The van der Waals surface area contributed by atoms with Crippen molar-refractivity contribution in [1.29, 1.82) is 0 Å². The van der Waals surface area contributed by atoms with Gasteiger partial charge in [-0.1, -0.05) is 20.8 Å². The Balaban J connectivity index is 1.58. The average molecular weight is 358 g/mol. The molecule has 1 N–H and O–H groups in total. The van der Waals surface area contributed by atoms with Gasteiger partial charge in [0.2, 0.25) is 0 Å². The third kappa shape index (κ3) is 4.19. The van der Waals surface area contributed by atoms with Crippen molar-refractivity contribution in [3.8, 4) is 0 Å². The van der Waals surface area contributed by atoms with Crippen LogP contribution in [0.1, 0.15) is 26.5 Å². The number of aromatic amines is 1. The average Bonchev–Trinajstić information content (AvgIpc) is 2.61. The third-order valence-corrected chi connectivity index (χ3v) is 4.62. The van der Waals surface area contributed by atoms with E-state index in [9.17, 15) is 9.59 Å². The Morgan fingerprint density at radius 2 is 1.81 bits per heavy atom. The highest BCUT2D eigenvalue weighted by Gasteiger charge is 2.20. The molecule has 0 bridgehead atoms. The first-order valence-corrected chi connectivity index (χ1v) is 8.94. The quantitative estimate of drug-likeness (QED) is 0.854. The molecule has 0 atom stereocenters. The van der Waals surface area contributed by atoms with E-state index in [1.165, 1.54) is 0 Å². The van der Waals surface area contributed by atoms with Gasteiger partial charge >= 0.3 is 0 Å². The molecule has 0 saturated carbocycles. The van der Waals surface area contributed by atoms with Gasteiger partial charge in [0.1, 0.15) is 0 Å². The molecule has 1 aliphatic heterocycles. The molecule has 8 nitrogen and oxygen atoms in total. The predicted molar refractivity (Wildman–Crippen MR) is 101 cm³/mol. The molecule has 0 aliphatic carbocycles. The summed E-state index contributed by atoms with van der Waals surface area (Å²) in [5, 5.41) is 4.51. The van der Waals surface area contributed by atoms with Crippen molar-refractivity contribution < 1.29 is 0 Å². The molecular weight excluding hydrogens is 332 g/mol. The molecule has 3 heterocycles. The van der Waals surface area contributed by atoms with Crippen LogP contribution in [0.3, 0.4) is 0 Å². The molecule has 2 aromatic heterocycles. The minimum atomic E-state index is -0.157. The minimum absolute atomic E-state index is 0.0725. The lowest BCUT2D eigenvalue weighted by Gasteiger charge is -2.34. The molecule has 1 aliphatic rings. The van der Waals surface area contributed by atoms with Crippen molar-refractivity contribution in [3.05, 3.63) is 50.9 Å². The zero-order valence-corrected chi connectivity index (χ0v) is 15.6. The summed E-state index contributed by atoms with van der Waals surface area (Å²) in [6.45, 7) is 10.7. The van der Waals surface area contributed by atoms with Gasteiger partial charge in [0.15, 0.2) is 5.82 Å². The van der Waals surface area contributed by atoms with Gasteiger partial charge in [-0.2, -0.15) is 5.10 Å². The molecule has 1 saturated heterocycles. The maximum atomic E-state index is 12.1. The van der Waals surface area contributed by atoms with Gasteiger partial charge in [-0.3, -0.25) is 14.5 Å². The number of hydrogen-bond donors (Lipinski definition) is 1. The maximum absolute atomic E-state index is 12.1. The Kier molecular flexibility index (Phi) is 5.22. The van der Waals surface area contributed by atoms with Gasteiger partial charge in [0.05, 0.1) is 12.2 Å². The molecule has 26 heavy (non-hydrogen) atoms. The van der Waals surface area contributed by atoms with Crippen LogP contribution in [-0.4, -0.2) is 57.4 Å². The minimum Gasteiger partial charge on any atom is -0.349 e. The summed E-state index contributed by atoms with van der Waals surface area (Å²) in [6, 6.07) is 3.40. The molecule has 3 rings (SSSR count). The smallest absolute Gasteiger partial charge is 0.290 e. The fourth-order valence-electron chi connectivity index (χ4n) is 3.00. The van der Waals surface area contributed by atoms with E-state index in [0.717, 1.165) is 38.4 Å². The van der Waals surface area contributed by atoms with Crippen molar-refractivity contribution in [2.45, 2.75) is 32.7 Å². The molecular formula is C18H26N6O2. The second-order valence-corrected chi connectivity index (χ2v) is 7.60. The number of hydrogen-bond acceptors (Lipinski definition) is 6. The first-order valence-electron chi connectivity index (χ1n) is 8.94. The zero-order valence-electron chi connectivity index (χ0n) is 15.6. The molecule has 0 amide bonds. The molecule has 0 radical (unpaired) electrons. The van der Waals surface area contributed by atoms with Crippen molar-refractivity contribution in [2.24, 2.45) is 0 Å². The summed E-state index contributed by atoms with van der Waals surface area (Å²) in [5.74, 6) is 0.475. The second kappa shape index (κ2) is 7.41. The van der Waals surface area contributed by atoms with E-state index in [-0.39, 0.29) is 16.5 Å². The van der Waals surface area contributed by atoms with Gasteiger partial charge < -0.3 is 9.88 Å². The van der Waals surface area contributed by atoms with Crippen molar-refractivity contribution in [1.82, 2.24) is 24.6 Å². The molecule has 8 heteroatoms. The normalized spacial score (nSPS) is 16.0. The van der Waals surface area contributed by atoms with E-state index in [4.69, 9.17) is 0 Å². The number of rotatable bonds is 4. The van der Waals surface area contributed by atoms with Crippen molar-refractivity contribution in [2.75, 3.05) is 37.6 Å². The Labute approximate surface area is 152 Å². The van der Waals surface area contributed by atoms with Gasteiger partial charge in [-0.15, -0.1) is 0 Å². The van der Waals surface area contributed by atoms with Crippen LogP contribution < -0.4 is 16.0 Å². The molecule has 1 fully saturated rings. The van der Waals surface area contributed by atoms with Gasteiger partial charge in [-0.05, 0) is 6.07 Å². The Morgan fingerprint density at radius 3 is 2.46 bits per heavy atom. The first kappa shape index (κ1) is 18.3. The molecule has 0 unspecified atom stereocenters. The van der Waals surface area contributed by atoms with E-state index in [0.29, 0.717) is 12.4 Å². The van der Waals surface area contributed by atoms with Gasteiger partial charge in [-0.25, -0.2) is 9.67 Å². The number of anilines is 1. The number of H-pyrrole nitrogens is 1. The number of nitrogens with zero attached hydrogens (tertiary/aromatic N) is 5. The summed E-state index contributed by atoms with van der Waals surface area (Å²) in [5.41, 5.74) is 0.597. The molecule has 0 spiro atoms. The molecule has 140 valence electrons. The van der Waals surface area contributed by atoms with Crippen LogP contribution >= 0.6 is 0 Å². The highest BCUT2D eigenvalue weighted by molar-refractivity contribution is 5.35. The highest BCUT2D eigenvalue weighted by atomic mass is 16.1. The summed E-state index contributed by atoms with van der Waals surface area (Å²) in [6.07, 6.45) is 3.14.